The minimum absolute atomic E-state index is 0.135. The molecule has 1 aliphatic rings. The number of aromatic amines is 1. The highest BCUT2D eigenvalue weighted by Crippen LogP contribution is 2.31. The second-order valence-corrected chi connectivity index (χ2v) is 8.21. The van der Waals surface area contributed by atoms with Gasteiger partial charge in [-0.2, -0.15) is 0 Å². The number of H-pyrrole nitrogens is 1. The van der Waals surface area contributed by atoms with Gasteiger partial charge < -0.3 is 20.4 Å². The molecule has 1 aliphatic heterocycles. The van der Waals surface area contributed by atoms with Gasteiger partial charge in [0.05, 0.1) is 23.5 Å². The summed E-state index contributed by atoms with van der Waals surface area (Å²) in [6, 6.07) is 10.0. The molecule has 8 heteroatoms. The van der Waals surface area contributed by atoms with E-state index in [-0.39, 0.29) is 6.10 Å². The van der Waals surface area contributed by atoms with Crippen LogP contribution in [0.15, 0.2) is 41.6 Å². The van der Waals surface area contributed by atoms with E-state index in [0.29, 0.717) is 28.6 Å². The molecule has 2 unspecified atom stereocenters. The van der Waals surface area contributed by atoms with Crippen LogP contribution in [0.5, 0.6) is 0 Å². The van der Waals surface area contributed by atoms with Crippen LogP contribution >= 0.6 is 0 Å². The molecular weight excluding hydrogens is 362 g/mol. The van der Waals surface area contributed by atoms with Gasteiger partial charge in [-0.15, -0.1) is 0 Å². The Bertz CT molecular complexity index is 959. The van der Waals surface area contributed by atoms with Crippen molar-refractivity contribution in [3.05, 3.63) is 42.2 Å². The first-order valence-electron chi connectivity index (χ1n) is 9.04. The molecule has 1 saturated heterocycles. The monoisotopic (exact) mass is 385 g/mol. The molecule has 0 saturated carbocycles. The summed E-state index contributed by atoms with van der Waals surface area (Å²) in [5.74, 6) is 1.68. The van der Waals surface area contributed by atoms with Gasteiger partial charge in [0.15, 0.2) is 5.82 Å². The lowest BCUT2D eigenvalue weighted by Crippen LogP contribution is -2.41. The largest absolute Gasteiger partial charge is 0.384 e. The van der Waals surface area contributed by atoms with Gasteiger partial charge in [0, 0.05) is 18.8 Å². The molecule has 0 bridgehead atoms. The molecule has 0 aliphatic carbocycles. The zero-order chi connectivity index (χ0) is 18.8. The third kappa shape index (κ3) is 3.68. The summed E-state index contributed by atoms with van der Waals surface area (Å²) >= 11 is 0. The van der Waals surface area contributed by atoms with Crippen LogP contribution in [0.1, 0.15) is 12.5 Å². The number of nitrogens with two attached hydrogens (primary N) is 1. The predicted molar refractivity (Wildman–Crippen MR) is 107 cm³/mol. The van der Waals surface area contributed by atoms with Crippen molar-refractivity contribution in [3.8, 4) is 0 Å². The maximum absolute atomic E-state index is 13.0. The summed E-state index contributed by atoms with van der Waals surface area (Å²) in [4.78, 5) is 14.7. The van der Waals surface area contributed by atoms with E-state index in [9.17, 15) is 4.21 Å². The Kier molecular flexibility index (Phi) is 5.09. The first-order chi connectivity index (χ1) is 13.1. The van der Waals surface area contributed by atoms with E-state index >= 15 is 0 Å². The summed E-state index contributed by atoms with van der Waals surface area (Å²) in [6.07, 6.45) is 2.37. The first-order valence-corrected chi connectivity index (χ1v) is 10.4. The summed E-state index contributed by atoms with van der Waals surface area (Å²) in [6.45, 7) is 4.19. The number of nitrogens with zero attached hydrogens (tertiary/aromatic N) is 3. The van der Waals surface area contributed by atoms with Gasteiger partial charge in [0.2, 0.25) is 0 Å². The van der Waals surface area contributed by atoms with Gasteiger partial charge in [0.25, 0.3) is 0 Å². The molecule has 142 valence electrons. The lowest BCUT2D eigenvalue weighted by Gasteiger charge is -2.32. The number of morpholine rings is 1. The number of aromatic nitrogens is 3. The zero-order valence-electron chi connectivity index (χ0n) is 15.2. The number of fused-ring (bicyclic) bond motifs is 1. The third-order valence-corrected chi connectivity index (χ3v) is 6.18. The molecular formula is C19H23N5O2S. The van der Waals surface area contributed by atoms with Crippen molar-refractivity contribution in [2.75, 3.05) is 36.1 Å². The molecule has 1 aromatic carbocycles. The van der Waals surface area contributed by atoms with Crippen LogP contribution in [-0.4, -0.2) is 50.7 Å². The summed E-state index contributed by atoms with van der Waals surface area (Å²) in [5, 5.41) is 0. The molecule has 27 heavy (non-hydrogen) atoms. The van der Waals surface area contributed by atoms with Crippen LogP contribution in [0.2, 0.25) is 0 Å². The Morgan fingerprint density at radius 2 is 2.15 bits per heavy atom. The van der Waals surface area contributed by atoms with Crippen LogP contribution in [0.4, 0.5) is 11.6 Å². The minimum Gasteiger partial charge on any atom is -0.384 e. The molecule has 4 rings (SSSR count). The lowest BCUT2D eigenvalue weighted by atomic mass is 10.2. The van der Waals surface area contributed by atoms with E-state index in [1.165, 1.54) is 6.33 Å². The fraction of sp³-hybridized carbons (Fsp3) is 0.368. The molecule has 0 spiro atoms. The van der Waals surface area contributed by atoms with Gasteiger partial charge in [0.1, 0.15) is 28.1 Å². The van der Waals surface area contributed by atoms with E-state index in [4.69, 9.17) is 10.5 Å². The minimum atomic E-state index is -1.25. The Morgan fingerprint density at radius 3 is 2.93 bits per heavy atom. The summed E-state index contributed by atoms with van der Waals surface area (Å²) in [7, 11) is -1.25. The Hall–Kier alpha value is -2.45. The van der Waals surface area contributed by atoms with Crippen molar-refractivity contribution >= 4 is 33.5 Å². The zero-order valence-corrected chi connectivity index (χ0v) is 16.0. The number of ether oxygens (including phenoxy) is 1. The van der Waals surface area contributed by atoms with Gasteiger partial charge in [-0.05, 0) is 18.9 Å². The van der Waals surface area contributed by atoms with Crippen LogP contribution in [0.3, 0.4) is 0 Å². The highest BCUT2D eigenvalue weighted by atomic mass is 32.2. The molecule has 0 amide bonds. The molecule has 3 aromatic rings. The SMILES string of the molecule is CC1CN(c2ncnc3c(S(=O)CCc4ccccc4)c(N)[nH]c23)CCO1. The van der Waals surface area contributed by atoms with Crippen molar-refractivity contribution in [1.29, 1.82) is 0 Å². The van der Waals surface area contributed by atoms with E-state index in [2.05, 4.69) is 19.9 Å². The number of nitrogen functional groups attached to an aromatic ring is 1. The lowest BCUT2D eigenvalue weighted by molar-refractivity contribution is 0.0530. The van der Waals surface area contributed by atoms with Crippen molar-refractivity contribution in [3.63, 3.8) is 0 Å². The van der Waals surface area contributed by atoms with Gasteiger partial charge >= 0.3 is 0 Å². The number of anilines is 2. The van der Waals surface area contributed by atoms with Crippen LogP contribution < -0.4 is 10.6 Å². The van der Waals surface area contributed by atoms with Gasteiger partial charge in [-0.25, -0.2) is 9.97 Å². The maximum atomic E-state index is 13.0. The van der Waals surface area contributed by atoms with Crippen molar-refractivity contribution < 1.29 is 8.95 Å². The molecule has 1 fully saturated rings. The molecule has 0 radical (unpaired) electrons. The molecule has 2 aromatic heterocycles. The fourth-order valence-corrected chi connectivity index (χ4v) is 4.71. The molecule has 3 heterocycles. The number of hydrogen-bond donors (Lipinski definition) is 2. The Morgan fingerprint density at radius 1 is 1.33 bits per heavy atom. The maximum Gasteiger partial charge on any atom is 0.156 e. The van der Waals surface area contributed by atoms with Crippen molar-refractivity contribution in [2.24, 2.45) is 0 Å². The van der Waals surface area contributed by atoms with E-state index in [1.54, 1.807) is 0 Å². The highest BCUT2D eigenvalue weighted by Gasteiger charge is 2.24. The average molecular weight is 385 g/mol. The third-order valence-electron chi connectivity index (χ3n) is 4.73. The van der Waals surface area contributed by atoms with E-state index in [1.807, 2.05) is 37.3 Å². The Labute approximate surface area is 160 Å². The fourth-order valence-electron chi connectivity index (χ4n) is 3.42. The summed E-state index contributed by atoms with van der Waals surface area (Å²) < 4.78 is 18.6. The van der Waals surface area contributed by atoms with E-state index < -0.39 is 10.8 Å². The highest BCUT2D eigenvalue weighted by molar-refractivity contribution is 7.85. The average Bonchev–Trinajstić information content (AvgIpc) is 3.02. The number of aryl methyl sites for hydroxylation is 1. The second kappa shape index (κ2) is 7.66. The standard InChI is InChI=1S/C19H23N5O2S/c1-13-11-24(8-9-26-13)19-16-15(21-12-22-19)17(18(20)23-16)27(25)10-7-14-5-3-2-4-6-14/h2-6,12-13,23H,7-11,20H2,1H3. The predicted octanol–water partition coefficient (Wildman–Crippen LogP) is 2.12. The molecule has 3 N–H and O–H groups in total. The normalized spacial score (nSPS) is 18.7. The number of nitrogens with one attached hydrogen (secondary N) is 1. The van der Waals surface area contributed by atoms with Crippen LogP contribution in [0, 0.1) is 0 Å². The second-order valence-electron chi connectivity index (χ2n) is 6.70. The van der Waals surface area contributed by atoms with Gasteiger partial charge in [-0.3, -0.25) is 4.21 Å². The number of hydrogen-bond acceptors (Lipinski definition) is 6. The van der Waals surface area contributed by atoms with Crippen molar-refractivity contribution in [2.45, 2.75) is 24.3 Å². The summed E-state index contributed by atoms with van der Waals surface area (Å²) in [5.41, 5.74) is 8.73. The molecule has 7 nitrogen and oxygen atoms in total. The number of benzene rings is 1. The smallest absolute Gasteiger partial charge is 0.156 e. The van der Waals surface area contributed by atoms with E-state index in [0.717, 1.165) is 36.4 Å². The quantitative estimate of drug-likeness (QED) is 0.698. The van der Waals surface area contributed by atoms with Crippen molar-refractivity contribution in [1.82, 2.24) is 15.0 Å². The van der Waals surface area contributed by atoms with Crippen LogP contribution in [-0.2, 0) is 22.0 Å². The number of rotatable bonds is 5. The first kappa shape index (κ1) is 17.9. The topological polar surface area (TPSA) is 97.1 Å². The Balaban J connectivity index is 1.63. The van der Waals surface area contributed by atoms with Gasteiger partial charge in [-0.1, -0.05) is 30.3 Å². The molecule has 2 atom stereocenters. The van der Waals surface area contributed by atoms with Crippen LogP contribution in [0.25, 0.3) is 11.0 Å².